The van der Waals surface area contributed by atoms with Gasteiger partial charge in [-0.25, -0.2) is 4.79 Å². The number of phenolic OH excluding ortho intramolecular Hbond substituents is 4. The van der Waals surface area contributed by atoms with Crippen LogP contribution in [0, 0.1) is 0 Å². The number of phenols is 4. The van der Waals surface area contributed by atoms with Crippen molar-refractivity contribution in [3.8, 4) is 40.1 Å². The van der Waals surface area contributed by atoms with Gasteiger partial charge in [0.2, 0.25) is 17.5 Å². The Morgan fingerprint density at radius 2 is 1.46 bits per heavy atom. The Kier molecular flexibility index (Phi) is 11.4. The summed E-state index contributed by atoms with van der Waals surface area (Å²) in [5.41, 5.74) is -0.830. The van der Waals surface area contributed by atoms with Gasteiger partial charge < -0.3 is 79.2 Å². The first kappa shape index (κ1) is 38.4. The maximum Gasteiger partial charge on any atom is 0.330 e. The number of aromatic hydroxyl groups is 4. The number of aliphatic hydroxyl groups is 6. The third-order valence-corrected chi connectivity index (χ3v) is 8.77. The van der Waals surface area contributed by atoms with Crippen LogP contribution in [0.5, 0.6) is 28.7 Å². The van der Waals surface area contributed by atoms with Gasteiger partial charge in [-0.15, -0.1) is 0 Å². The number of aliphatic hydroxyl groups excluding tert-OH is 6. The lowest BCUT2D eigenvalue weighted by atomic mass is 9.97. The minimum absolute atomic E-state index is 0.0890. The Morgan fingerprint density at radius 3 is 2.17 bits per heavy atom. The van der Waals surface area contributed by atoms with Gasteiger partial charge in [-0.1, -0.05) is 30.3 Å². The highest BCUT2D eigenvalue weighted by Crippen LogP contribution is 2.40. The summed E-state index contributed by atoms with van der Waals surface area (Å²) in [6.45, 7) is -1.54. The van der Waals surface area contributed by atoms with E-state index < -0.39 is 126 Å². The summed E-state index contributed by atoms with van der Waals surface area (Å²) in [6, 6.07) is 13.9. The van der Waals surface area contributed by atoms with Crippen molar-refractivity contribution < 1.29 is 84.0 Å². The van der Waals surface area contributed by atoms with Gasteiger partial charge in [-0.05, 0) is 29.8 Å². The predicted octanol–water partition coefficient (Wildman–Crippen LogP) is -0.450. The number of rotatable bonds is 10. The monoisotopic (exact) mass is 756 g/mol. The zero-order valence-electron chi connectivity index (χ0n) is 27.9. The molecule has 0 aliphatic carbocycles. The Labute approximate surface area is 304 Å². The van der Waals surface area contributed by atoms with E-state index in [1.165, 1.54) is 12.1 Å². The number of carbonyl (C=O) groups excluding carboxylic acids is 1. The molecule has 6 rings (SSSR count). The highest BCUT2D eigenvalue weighted by Gasteiger charge is 2.52. The molecular weight excluding hydrogens is 720 g/mol. The molecule has 10 atom stereocenters. The van der Waals surface area contributed by atoms with Gasteiger partial charge in [-0.3, -0.25) is 4.79 Å². The van der Waals surface area contributed by atoms with Gasteiger partial charge in [0.05, 0.1) is 6.61 Å². The molecule has 0 unspecified atom stereocenters. The van der Waals surface area contributed by atoms with Crippen LogP contribution < -0.4 is 10.2 Å². The number of hydrogen-bond donors (Lipinski definition) is 10. The average Bonchev–Trinajstić information content (AvgIpc) is 3.15. The maximum atomic E-state index is 13.9. The molecular formula is C36H36O18. The van der Waals surface area contributed by atoms with Crippen molar-refractivity contribution >= 4 is 23.0 Å². The zero-order valence-corrected chi connectivity index (χ0v) is 27.9. The van der Waals surface area contributed by atoms with Crippen LogP contribution in [0.25, 0.3) is 28.4 Å². The van der Waals surface area contributed by atoms with Crippen LogP contribution in [-0.4, -0.2) is 132 Å². The lowest BCUT2D eigenvalue weighted by Crippen LogP contribution is -2.65. The van der Waals surface area contributed by atoms with Gasteiger partial charge in [0.1, 0.15) is 71.8 Å². The molecule has 18 heteroatoms. The second kappa shape index (κ2) is 16.0. The molecule has 1 aromatic heterocycles. The minimum atomic E-state index is -2.03. The Balaban J connectivity index is 1.31. The predicted molar refractivity (Wildman–Crippen MR) is 181 cm³/mol. The van der Waals surface area contributed by atoms with E-state index in [0.717, 1.165) is 30.3 Å². The molecule has 3 heterocycles. The van der Waals surface area contributed by atoms with Crippen LogP contribution in [0.1, 0.15) is 5.56 Å². The van der Waals surface area contributed by atoms with Crippen LogP contribution in [0.15, 0.2) is 76.0 Å². The van der Waals surface area contributed by atoms with E-state index in [4.69, 9.17) is 28.1 Å². The number of esters is 1. The van der Waals surface area contributed by atoms with Crippen molar-refractivity contribution in [1.29, 1.82) is 0 Å². The Bertz CT molecular complexity index is 2050. The minimum Gasteiger partial charge on any atom is -0.508 e. The van der Waals surface area contributed by atoms with E-state index in [1.54, 1.807) is 30.3 Å². The lowest BCUT2D eigenvalue weighted by molar-refractivity contribution is -0.358. The van der Waals surface area contributed by atoms with E-state index in [0.29, 0.717) is 5.56 Å². The van der Waals surface area contributed by atoms with Gasteiger partial charge in [0.25, 0.3) is 0 Å². The van der Waals surface area contributed by atoms with Gasteiger partial charge in [0.15, 0.2) is 29.7 Å². The fourth-order valence-corrected chi connectivity index (χ4v) is 5.90. The summed E-state index contributed by atoms with van der Waals surface area (Å²) in [7, 11) is 0. The third kappa shape index (κ3) is 7.82. The summed E-state index contributed by atoms with van der Waals surface area (Å²) in [6.07, 6.45) is -16.1. The molecule has 10 N–H and O–H groups in total. The third-order valence-electron chi connectivity index (χ3n) is 8.77. The van der Waals surface area contributed by atoms with E-state index in [-0.39, 0.29) is 11.1 Å². The second-order valence-electron chi connectivity index (χ2n) is 12.4. The van der Waals surface area contributed by atoms with Crippen LogP contribution in [0.4, 0.5) is 0 Å². The number of benzene rings is 3. The molecule has 2 aliphatic heterocycles. The average molecular weight is 757 g/mol. The molecule has 0 spiro atoms. The molecule has 2 aliphatic rings. The Morgan fingerprint density at radius 1 is 0.759 bits per heavy atom. The lowest BCUT2D eigenvalue weighted by Gasteiger charge is -2.45. The SMILES string of the molecule is O=C(/C=C/c1ccccc1)OC[C@H]1O[C@@H](O[C@H]2[C@H](Oc3c(-c4ccc(O)c(O)c4)oc4cc(O)cc(O)c4c3=O)O[C@H](CO)[C@@H](O)[C@@H]2O)[C@H](O)[C@@H](O)[C@@H]1O. The fraction of sp³-hybridized carbons (Fsp3) is 0.333. The molecule has 0 radical (unpaired) electrons. The largest absolute Gasteiger partial charge is 0.508 e. The molecule has 288 valence electrons. The van der Waals surface area contributed by atoms with E-state index in [2.05, 4.69) is 0 Å². The zero-order chi connectivity index (χ0) is 38.8. The first-order valence-electron chi connectivity index (χ1n) is 16.4. The van der Waals surface area contributed by atoms with Crippen LogP contribution >= 0.6 is 0 Å². The highest BCUT2D eigenvalue weighted by atomic mass is 16.8. The standard InChI is InChI=1S/C36H36O18/c37-13-22-26(43)30(47)34(54-35-31(48)29(46)27(44)23(52-35)14-49-24(42)9-6-15-4-2-1-3-5-15)36(51-22)53-33-28(45)25-20(41)11-17(38)12-21(25)50-32(33)16-7-8-18(39)19(40)10-16/h1-12,22-23,26-27,29-31,34-41,43-44,46-48H,13-14H2/b9-6+/t22-,23-,26-,27-,29+,30+,31-,34-,35+,36+/m1/s1. The number of fused-ring (bicyclic) bond motifs is 1. The van der Waals surface area contributed by atoms with E-state index >= 15 is 0 Å². The van der Waals surface area contributed by atoms with Crippen LogP contribution in [0.3, 0.4) is 0 Å². The van der Waals surface area contributed by atoms with Crippen molar-refractivity contribution in [3.63, 3.8) is 0 Å². The molecule has 54 heavy (non-hydrogen) atoms. The number of hydrogen-bond acceptors (Lipinski definition) is 18. The Hall–Kier alpha value is -5.28. The summed E-state index contributed by atoms with van der Waals surface area (Å²) in [5, 5.41) is 104. The van der Waals surface area contributed by atoms with Crippen molar-refractivity contribution in [3.05, 3.63) is 82.5 Å². The smallest absolute Gasteiger partial charge is 0.330 e. The summed E-state index contributed by atoms with van der Waals surface area (Å²) >= 11 is 0. The molecule has 0 bridgehead atoms. The highest BCUT2D eigenvalue weighted by molar-refractivity contribution is 5.88. The molecule has 2 fully saturated rings. The second-order valence-corrected chi connectivity index (χ2v) is 12.4. The molecule has 3 aromatic carbocycles. The fourth-order valence-electron chi connectivity index (χ4n) is 5.90. The number of ether oxygens (including phenoxy) is 5. The van der Waals surface area contributed by atoms with E-state index in [9.17, 15) is 60.7 Å². The van der Waals surface area contributed by atoms with Crippen molar-refractivity contribution in [2.75, 3.05) is 13.2 Å². The van der Waals surface area contributed by atoms with Gasteiger partial charge in [-0.2, -0.15) is 0 Å². The van der Waals surface area contributed by atoms with Crippen molar-refractivity contribution in [2.45, 2.75) is 61.4 Å². The molecule has 18 nitrogen and oxygen atoms in total. The molecule has 4 aromatic rings. The van der Waals surface area contributed by atoms with Gasteiger partial charge in [0, 0.05) is 23.8 Å². The number of carbonyl (C=O) groups is 1. The van der Waals surface area contributed by atoms with Crippen LogP contribution in [0.2, 0.25) is 0 Å². The van der Waals surface area contributed by atoms with Crippen molar-refractivity contribution in [1.82, 2.24) is 0 Å². The first-order chi connectivity index (χ1) is 25.8. The van der Waals surface area contributed by atoms with Gasteiger partial charge >= 0.3 is 5.97 Å². The summed E-state index contributed by atoms with van der Waals surface area (Å²) in [4.78, 5) is 26.3. The first-order valence-corrected chi connectivity index (χ1v) is 16.4. The molecule has 2 saturated heterocycles. The molecule has 0 saturated carbocycles. The topological polar surface area (TPSA) is 296 Å². The summed E-state index contributed by atoms with van der Waals surface area (Å²) in [5.74, 6) is -4.49. The quantitative estimate of drug-likeness (QED) is 0.0557. The normalized spacial score (nSPS) is 28.6. The summed E-state index contributed by atoms with van der Waals surface area (Å²) < 4.78 is 34.0. The van der Waals surface area contributed by atoms with E-state index in [1.807, 2.05) is 0 Å². The molecule has 0 amide bonds. The van der Waals surface area contributed by atoms with Crippen LogP contribution in [-0.2, 0) is 23.7 Å². The maximum absolute atomic E-state index is 13.9. The van der Waals surface area contributed by atoms with Crippen molar-refractivity contribution in [2.24, 2.45) is 0 Å².